The van der Waals surface area contributed by atoms with Crippen LogP contribution in [0.1, 0.15) is 44.4 Å². The van der Waals surface area contributed by atoms with E-state index in [0.29, 0.717) is 16.3 Å². The van der Waals surface area contributed by atoms with Gasteiger partial charge in [0.1, 0.15) is 5.75 Å². The van der Waals surface area contributed by atoms with E-state index < -0.39 is 17.9 Å². The number of carbonyl (C=O) groups is 2. The zero-order chi connectivity index (χ0) is 20.9. The topological polar surface area (TPSA) is 78.5 Å². The molecule has 0 heterocycles. The van der Waals surface area contributed by atoms with Gasteiger partial charge >= 0.3 is 0 Å². The van der Waals surface area contributed by atoms with Gasteiger partial charge < -0.3 is 20.0 Å². The van der Waals surface area contributed by atoms with Crippen molar-refractivity contribution in [2.75, 3.05) is 6.61 Å². The molecule has 0 aliphatic carbocycles. The lowest BCUT2D eigenvalue weighted by molar-refractivity contribution is -0.306. The fraction of sp³-hybridized carbons (Fsp3) is 0.333. The van der Waals surface area contributed by atoms with Gasteiger partial charge in [0.15, 0.2) is 6.61 Å². The van der Waals surface area contributed by atoms with Crippen LogP contribution in [0.25, 0.3) is 0 Å². The molecule has 150 valence electrons. The number of amides is 1. The maximum absolute atomic E-state index is 12.3. The van der Waals surface area contributed by atoms with Gasteiger partial charge in [0.25, 0.3) is 5.91 Å². The summed E-state index contributed by atoms with van der Waals surface area (Å²) in [7, 11) is 0. The Morgan fingerprint density at radius 1 is 1.11 bits per heavy atom. The Morgan fingerprint density at radius 2 is 1.75 bits per heavy atom. The van der Waals surface area contributed by atoms with Crippen LogP contribution >= 0.6 is 23.2 Å². The third-order valence-corrected chi connectivity index (χ3v) is 4.67. The lowest BCUT2D eigenvalue weighted by atomic mass is 9.86. The fourth-order valence-corrected chi connectivity index (χ4v) is 3.07. The van der Waals surface area contributed by atoms with Gasteiger partial charge in [0.2, 0.25) is 0 Å². The predicted molar refractivity (Wildman–Crippen MR) is 108 cm³/mol. The van der Waals surface area contributed by atoms with Crippen molar-refractivity contribution in [1.82, 2.24) is 5.32 Å². The number of hydrogen-bond donors (Lipinski definition) is 1. The van der Waals surface area contributed by atoms with Crippen molar-refractivity contribution in [2.45, 2.75) is 38.6 Å². The van der Waals surface area contributed by atoms with Crippen molar-refractivity contribution in [3.63, 3.8) is 0 Å². The van der Waals surface area contributed by atoms with E-state index in [2.05, 4.69) is 26.1 Å². The molecule has 7 heteroatoms. The van der Waals surface area contributed by atoms with Crippen LogP contribution in [0.4, 0.5) is 0 Å². The molecule has 2 aromatic rings. The molecule has 0 saturated carbocycles. The zero-order valence-corrected chi connectivity index (χ0v) is 17.4. The normalized spacial score (nSPS) is 12.3. The molecule has 0 aromatic heterocycles. The largest absolute Gasteiger partial charge is 0.550 e. The second kappa shape index (κ2) is 9.30. The average molecular weight is 423 g/mol. The number of carboxylic acid groups (broad SMARTS) is 1. The highest BCUT2D eigenvalue weighted by atomic mass is 35.5. The number of rotatable bonds is 7. The molecule has 1 unspecified atom stereocenters. The van der Waals surface area contributed by atoms with E-state index in [4.69, 9.17) is 27.9 Å². The number of aliphatic carboxylic acids is 1. The van der Waals surface area contributed by atoms with Crippen LogP contribution in [-0.2, 0) is 15.0 Å². The van der Waals surface area contributed by atoms with Gasteiger partial charge in [0, 0.05) is 17.4 Å². The summed E-state index contributed by atoms with van der Waals surface area (Å²) in [5.41, 5.74) is 1.75. The molecular formula is C21H22Cl2NO4-. The summed E-state index contributed by atoms with van der Waals surface area (Å²) >= 11 is 11.8. The summed E-state index contributed by atoms with van der Waals surface area (Å²) in [6.45, 7) is 5.94. The summed E-state index contributed by atoms with van der Waals surface area (Å²) in [6.07, 6.45) is -0.345. The van der Waals surface area contributed by atoms with Crippen molar-refractivity contribution in [1.29, 1.82) is 0 Å². The third-order valence-electron chi connectivity index (χ3n) is 4.14. The van der Waals surface area contributed by atoms with Gasteiger partial charge in [-0.1, -0.05) is 68.2 Å². The number of carbonyl (C=O) groups excluding carboxylic acids is 2. The minimum Gasteiger partial charge on any atom is -0.550 e. The highest BCUT2D eigenvalue weighted by Gasteiger charge is 2.18. The van der Waals surface area contributed by atoms with Gasteiger partial charge in [-0.15, -0.1) is 0 Å². The zero-order valence-electron chi connectivity index (χ0n) is 15.9. The first kappa shape index (κ1) is 22.1. The van der Waals surface area contributed by atoms with E-state index in [0.717, 1.165) is 5.56 Å². The Bertz CT molecular complexity index is 844. The first-order chi connectivity index (χ1) is 13.1. The Balaban J connectivity index is 2.06. The number of carboxylic acids is 1. The van der Waals surface area contributed by atoms with Crippen molar-refractivity contribution in [2.24, 2.45) is 0 Å². The van der Waals surface area contributed by atoms with E-state index in [1.54, 1.807) is 12.1 Å². The predicted octanol–water partition coefficient (Wildman–Crippen LogP) is 3.67. The average Bonchev–Trinajstić information content (AvgIpc) is 2.59. The number of ether oxygens (including phenoxy) is 1. The quantitative estimate of drug-likeness (QED) is 0.737. The highest BCUT2D eigenvalue weighted by Crippen LogP contribution is 2.28. The van der Waals surface area contributed by atoms with Gasteiger partial charge in [-0.05, 0) is 34.7 Å². The summed E-state index contributed by atoms with van der Waals surface area (Å²) in [4.78, 5) is 23.4. The van der Waals surface area contributed by atoms with E-state index in [9.17, 15) is 14.7 Å². The van der Waals surface area contributed by atoms with Crippen LogP contribution in [0.15, 0.2) is 42.5 Å². The maximum atomic E-state index is 12.3. The molecule has 1 N–H and O–H groups in total. The van der Waals surface area contributed by atoms with Crippen LogP contribution in [0.5, 0.6) is 5.75 Å². The van der Waals surface area contributed by atoms with Crippen LogP contribution < -0.4 is 15.2 Å². The van der Waals surface area contributed by atoms with Crippen molar-refractivity contribution in [3.8, 4) is 5.75 Å². The summed E-state index contributed by atoms with van der Waals surface area (Å²) in [5.74, 6) is -1.42. The lowest BCUT2D eigenvalue weighted by Crippen LogP contribution is -2.36. The summed E-state index contributed by atoms with van der Waals surface area (Å²) in [6, 6.07) is 11.4. The smallest absolute Gasteiger partial charge is 0.258 e. The van der Waals surface area contributed by atoms with E-state index in [1.807, 2.05) is 24.3 Å². The molecule has 0 bridgehead atoms. The number of nitrogens with one attached hydrogen (secondary N) is 1. The second-order valence-electron chi connectivity index (χ2n) is 7.43. The van der Waals surface area contributed by atoms with Crippen LogP contribution in [0, 0.1) is 0 Å². The summed E-state index contributed by atoms with van der Waals surface area (Å²) < 4.78 is 5.39. The first-order valence-corrected chi connectivity index (χ1v) is 9.49. The summed E-state index contributed by atoms with van der Waals surface area (Å²) in [5, 5.41) is 14.5. The van der Waals surface area contributed by atoms with Crippen LogP contribution in [0.2, 0.25) is 10.0 Å². The van der Waals surface area contributed by atoms with Crippen LogP contribution in [0.3, 0.4) is 0 Å². The van der Waals surface area contributed by atoms with Gasteiger partial charge in [0.05, 0.1) is 11.1 Å². The Kier molecular flexibility index (Phi) is 7.33. The van der Waals surface area contributed by atoms with Crippen molar-refractivity contribution >= 4 is 35.1 Å². The van der Waals surface area contributed by atoms with E-state index in [1.165, 1.54) is 6.07 Å². The van der Waals surface area contributed by atoms with E-state index >= 15 is 0 Å². The number of halogens is 2. The van der Waals surface area contributed by atoms with Gasteiger partial charge in [-0.2, -0.15) is 0 Å². The number of hydrogen-bond acceptors (Lipinski definition) is 4. The Hall–Kier alpha value is -2.24. The molecule has 2 aromatic carbocycles. The van der Waals surface area contributed by atoms with Gasteiger partial charge in [-0.3, -0.25) is 4.79 Å². The molecule has 28 heavy (non-hydrogen) atoms. The first-order valence-electron chi connectivity index (χ1n) is 8.74. The Labute approximate surface area is 174 Å². The molecule has 0 spiro atoms. The second-order valence-corrected chi connectivity index (χ2v) is 8.28. The maximum Gasteiger partial charge on any atom is 0.258 e. The molecule has 0 radical (unpaired) electrons. The molecule has 2 rings (SSSR count). The fourth-order valence-electron chi connectivity index (χ4n) is 2.61. The number of benzene rings is 2. The molecule has 0 aliphatic heterocycles. The Morgan fingerprint density at radius 3 is 2.29 bits per heavy atom. The molecule has 1 atom stereocenters. The standard InChI is InChI=1S/C21H23Cl2NO4/c1-21(2,3)14-6-4-13(5-7-14)17(11-20(26)27)24-19(25)12-28-18-9-8-15(22)10-16(18)23/h4-10,17H,11-12H2,1-3H3,(H,24,25)(H,26,27)/p-1. The SMILES string of the molecule is CC(C)(C)c1ccc(C(CC(=O)[O-])NC(=O)COc2ccc(Cl)cc2Cl)cc1. The minimum atomic E-state index is -1.26. The molecule has 0 aliphatic rings. The monoisotopic (exact) mass is 422 g/mol. The van der Waals surface area contributed by atoms with E-state index in [-0.39, 0.29) is 23.5 Å². The van der Waals surface area contributed by atoms with Crippen LogP contribution in [-0.4, -0.2) is 18.5 Å². The van der Waals surface area contributed by atoms with Gasteiger partial charge in [-0.25, -0.2) is 0 Å². The highest BCUT2D eigenvalue weighted by molar-refractivity contribution is 6.35. The lowest BCUT2D eigenvalue weighted by Gasteiger charge is -2.23. The molecule has 1 amide bonds. The minimum absolute atomic E-state index is 0.0304. The molecular weight excluding hydrogens is 401 g/mol. The molecule has 5 nitrogen and oxygen atoms in total. The van der Waals surface area contributed by atoms with Crippen molar-refractivity contribution in [3.05, 3.63) is 63.6 Å². The third kappa shape index (κ3) is 6.43. The van der Waals surface area contributed by atoms with Crippen molar-refractivity contribution < 1.29 is 19.4 Å². The molecule has 0 saturated heterocycles. The molecule has 0 fully saturated rings.